The number of benzene rings is 2. The van der Waals surface area contributed by atoms with Crippen molar-refractivity contribution >= 4 is 17.4 Å². The van der Waals surface area contributed by atoms with Crippen LogP contribution in [0.1, 0.15) is 49.8 Å². The Hall–Kier alpha value is -3.28. The molecule has 2 aromatic carbocycles. The number of ketones is 1. The Morgan fingerprint density at radius 3 is 2.48 bits per heavy atom. The fourth-order valence-electron chi connectivity index (χ4n) is 4.60. The average Bonchev–Trinajstić information content (AvgIpc) is 3.40. The highest BCUT2D eigenvalue weighted by Crippen LogP contribution is 2.44. The summed E-state index contributed by atoms with van der Waals surface area (Å²) in [6, 6.07) is 13.6. The lowest BCUT2D eigenvalue weighted by Gasteiger charge is -2.31. The Labute approximate surface area is 182 Å². The van der Waals surface area contributed by atoms with E-state index in [4.69, 9.17) is 9.47 Å². The molecule has 6 heteroatoms. The maximum Gasteiger partial charge on any atom is 0.295 e. The van der Waals surface area contributed by atoms with Crippen LogP contribution in [-0.2, 0) is 9.59 Å². The summed E-state index contributed by atoms with van der Waals surface area (Å²) >= 11 is 0. The van der Waals surface area contributed by atoms with Crippen LogP contribution >= 0.6 is 0 Å². The number of Topliss-reactive ketones (excluding diaryl/α,β-unsaturated/α-hetero) is 1. The van der Waals surface area contributed by atoms with Crippen molar-refractivity contribution in [3.63, 3.8) is 0 Å². The molecule has 0 spiro atoms. The van der Waals surface area contributed by atoms with E-state index in [0.717, 1.165) is 31.2 Å². The minimum Gasteiger partial charge on any atom is -0.507 e. The minimum atomic E-state index is -0.658. The van der Waals surface area contributed by atoms with E-state index in [1.807, 2.05) is 31.2 Å². The number of ether oxygens (including phenoxy) is 2. The van der Waals surface area contributed by atoms with E-state index in [2.05, 4.69) is 0 Å². The summed E-state index contributed by atoms with van der Waals surface area (Å²) in [4.78, 5) is 28.0. The van der Waals surface area contributed by atoms with Gasteiger partial charge in [0, 0.05) is 11.6 Å². The number of methoxy groups -OCH3 is 1. The summed E-state index contributed by atoms with van der Waals surface area (Å²) in [5.41, 5.74) is 1.30. The van der Waals surface area contributed by atoms with Gasteiger partial charge in [0.25, 0.3) is 11.7 Å². The second-order valence-electron chi connectivity index (χ2n) is 7.88. The molecule has 1 N–H and O–H groups in total. The van der Waals surface area contributed by atoms with Crippen molar-refractivity contribution in [1.29, 1.82) is 0 Å². The molecular formula is C25H27NO5. The molecule has 1 atom stereocenters. The first kappa shape index (κ1) is 21.0. The second-order valence-corrected chi connectivity index (χ2v) is 7.88. The molecule has 2 aliphatic rings. The van der Waals surface area contributed by atoms with Crippen LogP contribution in [0.15, 0.2) is 54.1 Å². The van der Waals surface area contributed by atoms with Gasteiger partial charge in [0.2, 0.25) is 0 Å². The molecule has 4 rings (SSSR count). The number of aliphatic hydroxyl groups is 1. The highest BCUT2D eigenvalue weighted by Gasteiger charge is 2.49. The van der Waals surface area contributed by atoms with Crippen molar-refractivity contribution in [2.75, 3.05) is 13.7 Å². The standard InChI is InChI=1S/C25H27NO5/c1-3-31-20-13-6-8-16(14-20)22-21(23(27)17-9-7-12-19(15-17)30-2)24(28)25(29)26(22)18-10-4-5-11-18/h6-9,12-15,18,22,27H,3-5,10-11H2,1-2H3/b23-21-. The number of nitrogens with zero attached hydrogens (tertiary/aromatic N) is 1. The molecule has 0 radical (unpaired) electrons. The number of rotatable bonds is 6. The van der Waals surface area contributed by atoms with Crippen LogP contribution in [0.3, 0.4) is 0 Å². The zero-order chi connectivity index (χ0) is 22.0. The molecule has 162 valence electrons. The van der Waals surface area contributed by atoms with E-state index in [1.165, 1.54) is 7.11 Å². The molecule has 2 fully saturated rings. The molecule has 1 heterocycles. The molecule has 1 saturated carbocycles. The van der Waals surface area contributed by atoms with Gasteiger partial charge in [0.05, 0.1) is 25.3 Å². The van der Waals surface area contributed by atoms with Gasteiger partial charge in [-0.15, -0.1) is 0 Å². The Morgan fingerprint density at radius 1 is 1.06 bits per heavy atom. The molecule has 1 saturated heterocycles. The number of hydrogen-bond donors (Lipinski definition) is 1. The predicted octanol–water partition coefficient (Wildman–Crippen LogP) is 4.46. The van der Waals surface area contributed by atoms with E-state index in [1.54, 1.807) is 29.2 Å². The highest BCUT2D eigenvalue weighted by atomic mass is 16.5. The molecule has 1 aliphatic heterocycles. The number of hydrogen-bond acceptors (Lipinski definition) is 5. The van der Waals surface area contributed by atoms with E-state index in [9.17, 15) is 14.7 Å². The van der Waals surface area contributed by atoms with Crippen molar-refractivity contribution in [2.45, 2.75) is 44.7 Å². The van der Waals surface area contributed by atoms with Gasteiger partial charge in [0.1, 0.15) is 17.3 Å². The lowest BCUT2D eigenvalue weighted by molar-refractivity contribution is -0.141. The maximum absolute atomic E-state index is 13.2. The van der Waals surface area contributed by atoms with E-state index < -0.39 is 17.7 Å². The zero-order valence-corrected chi connectivity index (χ0v) is 17.8. The molecule has 0 bridgehead atoms. The monoisotopic (exact) mass is 421 g/mol. The first-order chi connectivity index (χ1) is 15.0. The predicted molar refractivity (Wildman–Crippen MR) is 117 cm³/mol. The second kappa shape index (κ2) is 8.84. The molecule has 2 aromatic rings. The van der Waals surface area contributed by atoms with Crippen LogP contribution in [0.5, 0.6) is 11.5 Å². The van der Waals surface area contributed by atoms with Crippen LogP contribution in [0.4, 0.5) is 0 Å². The number of likely N-dealkylation sites (tertiary alicyclic amines) is 1. The molecule has 31 heavy (non-hydrogen) atoms. The van der Waals surface area contributed by atoms with Crippen molar-refractivity contribution in [1.82, 2.24) is 4.90 Å². The number of amides is 1. The van der Waals surface area contributed by atoms with Crippen LogP contribution < -0.4 is 9.47 Å². The van der Waals surface area contributed by atoms with Gasteiger partial charge in [-0.2, -0.15) is 0 Å². The Balaban J connectivity index is 1.88. The van der Waals surface area contributed by atoms with Crippen molar-refractivity contribution in [3.8, 4) is 11.5 Å². The van der Waals surface area contributed by atoms with Crippen molar-refractivity contribution in [2.24, 2.45) is 0 Å². The molecule has 1 aliphatic carbocycles. The lowest BCUT2D eigenvalue weighted by Crippen LogP contribution is -2.37. The first-order valence-electron chi connectivity index (χ1n) is 10.7. The van der Waals surface area contributed by atoms with Crippen LogP contribution in [-0.4, -0.2) is 41.5 Å². The van der Waals surface area contributed by atoms with Crippen molar-refractivity contribution in [3.05, 3.63) is 65.2 Å². The molecule has 0 aromatic heterocycles. The third kappa shape index (κ3) is 3.90. The van der Waals surface area contributed by atoms with Gasteiger partial charge in [0.15, 0.2) is 0 Å². The van der Waals surface area contributed by atoms with Crippen LogP contribution in [0.2, 0.25) is 0 Å². The fraction of sp³-hybridized carbons (Fsp3) is 0.360. The fourth-order valence-corrected chi connectivity index (χ4v) is 4.60. The summed E-state index contributed by atoms with van der Waals surface area (Å²) < 4.78 is 10.9. The Bertz CT molecular complexity index is 1020. The van der Waals surface area contributed by atoms with Gasteiger partial charge >= 0.3 is 0 Å². The molecular weight excluding hydrogens is 394 g/mol. The molecule has 6 nitrogen and oxygen atoms in total. The molecule has 1 unspecified atom stereocenters. The number of aliphatic hydroxyl groups excluding tert-OH is 1. The number of carbonyl (C=O) groups is 2. The van der Waals surface area contributed by atoms with Gasteiger partial charge in [-0.25, -0.2) is 0 Å². The summed E-state index contributed by atoms with van der Waals surface area (Å²) in [6.45, 7) is 2.41. The Kier molecular flexibility index (Phi) is 5.98. The van der Waals surface area contributed by atoms with Gasteiger partial charge < -0.3 is 19.5 Å². The van der Waals surface area contributed by atoms with Crippen LogP contribution in [0, 0.1) is 0 Å². The Morgan fingerprint density at radius 2 is 1.77 bits per heavy atom. The first-order valence-corrected chi connectivity index (χ1v) is 10.7. The zero-order valence-electron chi connectivity index (χ0n) is 17.8. The van der Waals surface area contributed by atoms with Crippen molar-refractivity contribution < 1.29 is 24.2 Å². The number of carbonyl (C=O) groups excluding carboxylic acids is 2. The lowest BCUT2D eigenvalue weighted by atomic mass is 9.94. The topological polar surface area (TPSA) is 76.1 Å². The minimum absolute atomic E-state index is 0.0205. The van der Waals surface area contributed by atoms with Crippen LogP contribution in [0.25, 0.3) is 5.76 Å². The largest absolute Gasteiger partial charge is 0.507 e. The van der Waals surface area contributed by atoms with E-state index >= 15 is 0 Å². The third-order valence-electron chi connectivity index (χ3n) is 6.03. The average molecular weight is 421 g/mol. The smallest absolute Gasteiger partial charge is 0.295 e. The SMILES string of the molecule is CCOc1cccc(C2/C(=C(/O)c3cccc(OC)c3)C(=O)C(=O)N2C2CCCC2)c1. The van der Waals surface area contributed by atoms with Gasteiger partial charge in [-0.1, -0.05) is 37.1 Å². The summed E-state index contributed by atoms with van der Waals surface area (Å²) in [6.07, 6.45) is 3.76. The van der Waals surface area contributed by atoms with E-state index in [-0.39, 0.29) is 17.4 Å². The summed E-state index contributed by atoms with van der Waals surface area (Å²) in [5, 5.41) is 11.2. The quantitative estimate of drug-likeness (QED) is 0.423. The van der Waals surface area contributed by atoms with E-state index in [0.29, 0.717) is 23.7 Å². The molecule has 1 amide bonds. The third-order valence-corrected chi connectivity index (χ3v) is 6.03. The summed E-state index contributed by atoms with van der Waals surface area (Å²) in [5.74, 6) is -0.172. The maximum atomic E-state index is 13.2. The highest BCUT2D eigenvalue weighted by molar-refractivity contribution is 6.46. The van der Waals surface area contributed by atoms with Gasteiger partial charge in [-0.05, 0) is 49.6 Å². The summed E-state index contributed by atoms with van der Waals surface area (Å²) in [7, 11) is 1.54. The normalized spacial score (nSPS) is 21.0. The van der Waals surface area contributed by atoms with Gasteiger partial charge in [-0.3, -0.25) is 9.59 Å².